The monoisotopic (exact) mass is 488 g/mol. The van der Waals surface area contributed by atoms with E-state index in [1.807, 2.05) is 0 Å². The van der Waals surface area contributed by atoms with Gasteiger partial charge >= 0.3 is 29.6 Å². The number of sulfone groups is 1. The molecule has 0 saturated carbocycles. The van der Waals surface area contributed by atoms with E-state index in [1.54, 1.807) is 12.1 Å². The number of rotatable bonds is 3. The molecule has 3 aromatic rings. The Morgan fingerprint density at radius 1 is 0.912 bits per heavy atom. The number of hydrogen-bond donors (Lipinski definition) is 0. The number of amides is 1. The van der Waals surface area contributed by atoms with E-state index in [9.17, 15) is 26.8 Å². The van der Waals surface area contributed by atoms with Crippen molar-refractivity contribution >= 4 is 32.9 Å². The third-order valence-corrected chi connectivity index (χ3v) is 7.05. The first-order valence-corrected chi connectivity index (χ1v) is 11.5. The molecule has 0 radical (unpaired) electrons. The van der Waals surface area contributed by atoms with Crippen molar-refractivity contribution in [1.82, 2.24) is 0 Å². The number of benzene rings is 3. The van der Waals surface area contributed by atoms with Crippen LogP contribution in [0.5, 0.6) is 0 Å². The van der Waals surface area contributed by atoms with Crippen LogP contribution in [0.3, 0.4) is 0 Å². The van der Waals surface area contributed by atoms with E-state index in [0.717, 1.165) is 17.5 Å². The summed E-state index contributed by atoms with van der Waals surface area (Å²) in [6, 6.07) is 14.9. The van der Waals surface area contributed by atoms with E-state index in [-0.39, 0.29) is 63.6 Å². The zero-order valence-electron chi connectivity index (χ0n) is 17.9. The summed E-state index contributed by atoms with van der Waals surface area (Å²) in [7, 11) is -3.95. The number of ketones is 1. The third kappa shape index (κ3) is 4.20. The number of carbonyl (C=O) groups excluding carboxylic acids is 2. The SMILES string of the molecule is O=C1c2cc(F)ccc2N(Cc2ccc(F)cc2)C(=O)C1C1=CS(=O)(=O)c2ccccc2[N-]1.[Na+]. The van der Waals surface area contributed by atoms with Crippen molar-refractivity contribution in [3.05, 3.63) is 106 Å². The number of nitrogens with zero attached hydrogens (tertiary/aromatic N) is 2. The standard InChI is InChI=1S/C24H15F2N2O4S.Na/c25-15-7-5-14(6-8-15)12-28-20-10-9-16(26)11-17(20)23(29)22(24(28)30)19-13-33(31,32)21-4-2-1-3-18(21)27-19;/h1-11,13,22H,12H2;/q-1;+1. The van der Waals surface area contributed by atoms with Gasteiger partial charge in [0, 0.05) is 11.0 Å². The summed E-state index contributed by atoms with van der Waals surface area (Å²) >= 11 is 0. The Hall–Kier alpha value is -2.85. The summed E-state index contributed by atoms with van der Waals surface area (Å²) in [5.74, 6) is -4.14. The molecule has 1 atom stereocenters. The predicted octanol–water partition coefficient (Wildman–Crippen LogP) is 1.65. The van der Waals surface area contributed by atoms with Crippen LogP contribution in [-0.4, -0.2) is 20.1 Å². The number of hydrogen-bond acceptors (Lipinski definition) is 4. The van der Waals surface area contributed by atoms with Gasteiger partial charge in [-0.3, -0.25) is 9.59 Å². The fraction of sp³-hybridized carbons (Fsp3) is 0.0833. The average Bonchev–Trinajstić information content (AvgIpc) is 2.78. The molecule has 0 bridgehead atoms. The van der Waals surface area contributed by atoms with Crippen molar-refractivity contribution < 1.29 is 56.3 Å². The van der Waals surface area contributed by atoms with Crippen LogP contribution in [0.4, 0.5) is 20.2 Å². The Kier molecular flexibility index (Phi) is 6.48. The normalized spacial score (nSPS) is 18.2. The van der Waals surface area contributed by atoms with Gasteiger partial charge in [-0.1, -0.05) is 30.3 Å². The maximum atomic E-state index is 14.0. The van der Waals surface area contributed by atoms with Crippen LogP contribution in [-0.2, 0) is 21.2 Å². The van der Waals surface area contributed by atoms with Gasteiger partial charge in [-0.25, -0.2) is 17.2 Å². The van der Waals surface area contributed by atoms with Gasteiger partial charge in [0.1, 0.15) is 17.6 Å². The van der Waals surface area contributed by atoms with Crippen molar-refractivity contribution in [2.24, 2.45) is 5.92 Å². The molecule has 6 nitrogen and oxygen atoms in total. The van der Waals surface area contributed by atoms with Gasteiger partial charge in [0.05, 0.1) is 17.1 Å². The molecule has 0 saturated heterocycles. The Morgan fingerprint density at radius 3 is 2.32 bits per heavy atom. The molecule has 3 aromatic carbocycles. The van der Waals surface area contributed by atoms with Gasteiger partial charge in [0.15, 0.2) is 15.6 Å². The van der Waals surface area contributed by atoms with E-state index in [0.29, 0.717) is 5.56 Å². The van der Waals surface area contributed by atoms with Crippen LogP contribution in [0.1, 0.15) is 15.9 Å². The quantitative estimate of drug-likeness (QED) is 0.415. The fourth-order valence-corrected chi connectivity index (χ4v) is 5.30. The largest absolute Gasteiger partial charge is 1.00 e. The molecule has 5 rings (SSSR count). The number of para-hydroxylation sites is 1. The summed E-state index contributed by atoms with van der Waals surface area (Å²) in [5.41, 5.74) is 0.579. The van der Waals surface area contributed by atoms with E-state index in [1.165, 1.54) is 47.4 Å². The van der Waals surface area contributed by atoms with E-state index >= 15 is 0 Å². The topological polar surface area (TPSA) is 85.6 Å². The predicted molar refractivity (Wildman–Crippen MR) is 117 cm³/mol. The molecule has 166 valence electrons. The Balaban J connectivity index is 0.00000274. The minimum absolute atomic E-state index is 0. The van der Waals surface area contributed by atoms with Crippen molar-refractivity contribution in [2.75, 3.05) is 4.90 Å². The molecule has 0 aliphatic carbocycles. The molecule has 1 unspecified atom stereocenters. The zero-order chi connectivity index (χ0) is 23.3. The van der Waals surface area contributed by atoms with Crippen molar-refractivity contribution in [3.8, 4) is 0 Å². The molecular weight excluding hydrogens is 473 g/mol. The molecule has 2 aliphatic rings. The number of fused-ring (bicyclic) bond motifs is 2. The number of Topliss-reactive ketones (excluding diaryl/α,β-unsaturated/α-hetero) is 1. The molecular formula is C24H15F2N2NaO4S. The molecule has 0 spiro atoms. The van der Waals surface area contributed by atoms with E-state index < -0.39 is 39.1 Å². The summed E-state index contributed by atoms with van der Waals surface area (Å²) < 4.78 is 52.9. The molecule has 1 amide bonds. The smallest absolute Gasteiger partial charge is 0.659 e. The second-order valence-corrected chi connectivity index (χ2v) is 9.44. The van der Waals surface area contributed by atoms with Gasteiger partial charge in [-0.2, -0.15) is 0 Å². The van der Waals surface area contributed by atoms with Crippen LogP contribution in [0.15, 0.2) is 82.7 Å². The van der Waals surface area contributed by atoms with Gasteiger partial charge in [-0.05, 0) is 42.0 Å². The maximum Gasteiger partial charge on any atom is 1.00 e. The Bertz CT molecular complexity index is 1460. The minimum Gasteiger partial charge on any atom is -0.659 e. The number of carbonyl (C=O) groups is 2. The van der Waals surface area contributed by atoms with Gasteiger partial charge < -0.3 is 10.2 Å². The van der Waals surface area contributed by atoms with E-state index in [4.69, 9.17) is 0 Å². The number of anilines is 1. The summed E-state index contributed by atoms with van der Waals surface area (Å²) in [6.45, 7) is -0.0296. The van der Waals surface area contributed by atoms with Crippen molar-refractivity contribution in [3.63, 3.8) is 0 Å². The van der Waals surface area contributed by atoms with Crippen LogP contribution >= 0.6 is 0 Å². The first-order valence-electron chi connectivity index (χ1n) is 9.92. The van der Waals surface area contributed by atoms with Gasteiger partial charge in [-0.15, -0.1) is 11.4 Å². The van der Waals surface area contributed by atoms with Gasteiger partial charge in [0.25, 0.3) is 0 Å². The molecule has 34 heavy (non-hydrogen) atoms. The molecule has 0 fully saturated rings. The Morgan fingerprint density at radius 2 is 1.59 bits per heavy atom. The van der Waals surface area contributed by atoms with Crippen LogP contribution in [0.25, 0.3) is 5.32 Å². The van der Waals surface area contributed by atoms with Crippen LogP contribution in [0, 0.1) is 17.6 Å². The van der Waals surface area contributed by atoms with Crippen LogP contribution in [0.2, 0.25) is 0 Å². The molecule has 0 N–H and O–H groups in total. The first-order chi connectivity index (χ1) is 15.7. The number of halogens is 2. The van der Waals surface area contributed by atoms with Gasteiger partial charge in [0.2, 0.25) is 5.91 Å². The summed E-state index contributed by atoms with van der Waals surface area (Å²) in [6.07, 6.45) is 0. The maximum absolute atomic E-state index is 14.0. The van der Waals surface area contributed by atoms with Crippen LogP contribution < -0.4 is 34.5 Å². The second kappa shape index (κ2) is 9.07. The molecule has 2 heterocycles. The Labute approximate surface area is 216 Å². The fourth-order valence-electron chi connectivity index (χ4n) is 3.99. The zero-order valence-corrected chi connectivity index (χ0v) is 20.7. The first kappa shape index (κ1) is 24.3. The molecule has 2 aliphatic heterocycles. The minimum atomic E-state index is -3.95. The molecule has 10 heteroatoms. The second-order valence-electron chi connectivity index (χ2n) is 7.68. The van der Waals surface area contributed by atoms with Crippen molar-refractivity contribution in [2.45, 2.75) is 11.4 Å². The molecule has 0 aromatic heterocycles. The summed E-state index contributed by atoms with van der Waals surface area (Å²) in [5, 5.41) is 5.10. The van der Waals surface area contributed by atoms with Crippen molar-refractivity contribution in [1.29, 1.82) is 0 Å². The third-order valence-electron chi connectivity index (χ3n) is 5.54. The summed E-state index contributed by atoms with van der Waals surface area (Å²) in [4.78, 5) is 28.0. The average molecular weight is 488 g/mol. The van der Waals surface area contributed by atoms with E-state index in [2.05, 4.69) is 5.32 Å².